The molecule has 0 aliphatic rings. The van der Waals surface area contributed by atoms with E-state index in [4.69, 9.17) is 11.6 Å². The quantitative estimate of drug-likeness (QED) is 0.845. The van der Waals surface area contributed by atoms with Gasteiger partial charge in [-0.05, 0) is 36.8 Å². The number of pyridine rings is 1. The van der Waals surface area contributed by atoms with Crippen molar-refractivity contribution in [2.45, 2.75) is 6.92 Å². The lowest BCUT2D eigenvalue weighted by molar-refractivity contribution is 0.102. The maximum Gasteiger partial charge on any atom is 0.258 e. The summed E-state index contributed by atoms with van der Waals surface area (Å²) in [4.78, 5) is 15.7. The van der Waals surface area contributed by atoms with Gasteiger partial charge in [0.15, 0.2) is 5.15 Å². The largest absolute Gasteiger partial charge is 0.319 e. The van der Waals surface area contributed by atoms with Crippen molar-refractivity contribution in [2.75, 3.05) is 5.32 Å². The van der Waals surface area contributed by atoms with Crippen LogP contribution in [-0.4, -0.2) is 10.9 Å². The predicted octanol–water partition coefficient (Wildman–Crippen LogP) is 3.43. The summed E-state index contributed by atoms with van der Waals surface area (Å²) >= 11 is 5.80. The van der Waals surface area contributed by atoms with Crippen molar-refractivity contribution in [3.05, 3.63) is 58.6 Å². The van der Waals surface area contributed by atoms with Crippen molar-refractivity contribution >= 4 is 23.2 Å². The molecule has 1 aromatic heterocycles. The fourth-order valence-corrected chi connectivity index (χ4v) is 1.64. The highest BCUT2D eigenvalue weighted by atomic mass is 35.5. The first-order valence-electron chi connectivity index (χ1n) is 5.26. The van der Waals surface area contributed by atoms with E-state index < -0.39 is 11.7 Å². The Morgan fingerprint density at radius 3 is 2.83 bits per heavy atom. The van der Waals surface area contributed by atoms with Gasteiger partial charge in [0.05, 0.1) is 11.3 Å². The van der Waals surface area contributed by atoms with Crippen LogP contribution in [0.2, 0.25) is 5.15 Å². The number of nitrogens with one attached hydrogen (secondary N) is 1. The Kier molecular flexibility index (Phi) is 3.58. The first-order valence-corrected chi connectivity index (χ1v) is 5.64. The minimum Gasteiger partial charge on any atom is -0.319 e. The Hall–Kier alpha value is -1.94. The van der Waals surface area contributed by atoms with Crippen LogP contribution in [0.3, 0.4) is 0 Å². The van der Waals surface area contributed by atoms with Crippen LogP contribution in [0.15, 0.2) is 36.5 Å². The Bertz CT molecular complexity index is 601. The van der Waals surface area contributed by atoms with Gasteiger partial charge in [0, 0.05) is 6.20 Å². The smallest absolute Gasteiger partial charge is 0.258 e. The second kappa shape index (κ2) is 5.14. The van der Waals surface area contributed by atoms with Crippen LogP contribution in [0.4, 0.5) is 10.1 Å². The van der Waals surface area contributed by atoms with Crippen LogP contribution in [0, 0.1) is 12.7 Å². The number of rotatable bonds is 2. The molecule has 3 nitrogen and oxygen atoms in total. The van der Waals surface area contributed by atoms with Crippen LogP contribution >= 0.6 is 11.6 Å². The van der Waals surface area contributed by atoms with Gasteiger partial charge in [-0.15, -0.1) is 0 Å². The molecule has 92 valence electrons. The lowest BCUT2D eigenvalue weighted by Crippen LogP contribution is -2.14. The fraction of sp³-hybridized carbons (Fsp3) is 0.0769. The van der Waals surface area contributed by atoms with Crippen LogP contribution in [0.1, 0.15) is 15.9 Å². The van der Waals surface area contributed by atoms with Gasteiger partial charge in [-0.3, -0.25) is 4.79 Å². The topological polar surface area (TPSA) is 42.0 Å². The molecule has 0 aliphatic carbocycles. The molecule has 2 rings (SSSR count). The zero-order valence-corrected chi connectivity index (χ0v) is 10.3. The van der Waals surface area contributed by atoms with Gasteiger partial charge in [0.25, 0.3) is 5.91 Å². The normalized spacial score (nSPS) is 10.2. The van der Waals surface area contributed by atoms with E-state index in [1.807, 2.05) is 0 Å². The number of carbonyl (C=O) groups excluding carboxylic acids is 1. The van der Waals surface area contributed by atoms with Gasteiger partial charge in [0.1, 0.15) is 5.82 Å². The first kappa shape index (κ1) is 12.5. The molecule has 2 aromatic rings. The van der Waals surface area contributed by atoms with Crippen LogP contribution in [0.25, 0.3) is 0 Å². The van der Waals surface area contributed by atoms with E-state index in [0.29, 0.717) is 5.69 Å². The number of aryl methyl sites for hydroxylation is 1. The number of hydrogen-bond donors (Lipinski definition) is 1. The van der Waals surface area contributed by atoms with Crippen molar-refractivity contribution in [3.63, 3.8) is 0 Å². The molecule has 0 fully saturated rings. The SMILES string of the molecule is Cc1ccc(C(=O)Nc2cccnc2Cl)c(F)c1. The molecule has 18 heavy (non-hydrogen) atoms. The molecule has 0 atom stereocenters. The maximum atomic E-state index is 13.6. The standard InChI is InChI=1S/C13H10ClFN2O/c1-8-4-5-9(10(15)7-8)13(18)17-11-3-2-6-16-12(11)14/h2-7H,1H3,(H,17,18). The van der Waals surface area contributed by atoms with Crippen LogP contribution < -0.4 is 5.32 Å². The van der Waals surface area contributed by atoms with Gasteiger partial charge in [0.2, 0.25) is 0 Å². The molecule has 0 spiro atoms. The molecule has 0 radical (unpaired) electrons. The van der Waals surface area contributed by atoms with Gasteiger partial charge in [-0.1, -0.05) is 17.7 Å². The molecule has 5 heteroatoms. The summed E-state index contributed by atoms with van der Waals surface area (Å²) in [7, 11) is 0. The van der Waals surface area contributed by atoms with Crippen LogP contribution in [-0.2, 0) is 0 Å². The number of halogens is 2. The Morgan fingerprint density at radius 2 is 2.17 bits per heavy atom. The van der Waals surface area contributed by atoms with Crippen molar-refractivity contribution in [1.29, 1.82) is 0 Å². The Labute approximate surface area is 109 Å². The van der Waals surface area contributed by atoms with E-state index in [9.17, 15) is 9.18 Å². The zero-order chi connectivity index (χ0) is 13.1. The number of hydrogen-bond acceptors (Lipinski definition) is 2. The molecule has 0 bridgehead atoms. The molecule has 0 unspecified atom stereocenters. The molecule has 1 N–H and O–H groups in total. The molecule has 0 aliphatic heterocycles. The molecule has 1 amide bonds. The lowest BCUT2D eigenvalue weighted by atomic mass is 10.1. The Morgan fingerprint density at radius 1 is 1.39 bits per heavy atom. The number of benzene rings is 1. The highest BCUT2D eigenvalue weighted by Crippen LogP contribution is 2.19. The lowest BCUT2D eigenvalue weighted by Gasteiger charge is -2.07. The molecular formula is C13H10ClFN2O. The summed E-state index contributed by atoms with van der Waals surface area (Å²) in [5.74, 6) is -1.12. The predicted molar refractivity (Wildman–Crippen MR) is 68.3 cm³/mol. The first-order chi connectivity index (χ1) is 8.58. The minimum atomic E-state index is -0.562. The summed E-state index contributed by atoms with van der Waals surface area (Å²) in [5.41, 5.74) is 1.08. The summed E-state index contributed by atoms with van der Waals surface area (Å²) in [6.45, 7) is 1.75. The van der Waals surface area contributed by atoms with E-state index >= 15 is 0 Å². The third-order valence-corrected chi connectivity index (χ3v) is 2.68. The second-order valence-corrected chi connectivity index (χ2v) is 4.14. The third kappa shape index (κ3) is 2.65. The van der Waals surface area contributed by atoms with E-state index in [2.05, 4.69) is 10.3 Å². The van der Waals surface area contributed by atoms with Gasteiger partial charge < -0.3 is 5.32 Å². The van der Waals surface area contributed by atoms with E-state index in [1.165, 1.54) is 18.3 Å². The molecule has 0 saturated carbocycles. The van der Waals surface area contributed by atoms with Crippen molar-refractivity contribution in [1.82, 2.24) is 4.98 Å². The van der Waals surface area contributed by atoms with Gasteiger partial charge in [-0.25, -0.2) is 9.37 Å². The van der Waals surface area contributed by atoms with Crippen molar-refractivity contribution < 1.29 is 9.18 Å². The number of amides is 1. The molecular weight excluding hydrogens is 255 g/mol. The average Bonchev–Trinajstić information content (AvgIpc) is 2.32. The zero-order valence-electron chi connectivity index (χ0n) is 9.58. The average molecular weight is 265 g/mol. The van der Waals surface area contributed by atoms with Gasteiger partial charge >= 0.3 is 0 Å². The monoisotopic (exact) mass is 264 g/mol. The van der Waals surface area contributed by atoms with Crippen LogP contribution in [0.5, 0.6) is 0 Å². The number of anilines is 1. The van der Waals surface area contributed by atoms with Gasteiger partial charge in [-0.2, -0.15) is 0 Å². The Balaban J connectivity index is 2.25. The number of carbonyl (C=O) groups is 1. The van der Waals surface area contributed by atoms with Crippen molar-refractivity contribution in [2.24, 2.45) is 0 Å². The fourth-order valence-electron chi connectivity index (χ4n) is 1.47. The van der Waals surface area contributed by atoms with E-state index in [-0.39, 0.29) is 10.7 Å². The van der Waals surface area contributed by atoms with E-state index in [1.54, 1.807) is 25.1 Å². The number of nitrogens with zero attached hydrogens (tertiary/aromatic N) is 1. The third-order valence-electron chi connectivity index (χ3n) is 2.38. The van der Waals surface area contributed by atoms with Crippen molar-refractivity contribution in [3.8, 4) is 0 Å². The highest BCUT2D eigenvalue weighted by molar-refractivity contribution is 6.32. The summed E-state index contributed by atoms with van der Waals surface area (Å²) in [6, 6.07) is 7.64. The summed E-state index contributed by atoms with van der Waals surface area (Å²) < 4.78 is 13.6. The minimum absolute atomic E-state index is 0.0273. The maximum absolute atomic E-state index is 13.6. The van der Waals surface area contributed by atoms with E-state index in [0.717, 1.165) is 5.56 Å². The molecule has 1 aromatic carbocycles. The second-order valence-electron chi connectivity index (χ2n) is 3.78. The molecule has 1 heterocycles. The summed E-state index contributed by atoms with van der Waals surface area (Å²) in [5, 5.41) is 2.68. The number of aromatic nitrogens is 1. The molecule has 0 saturated heterocycles. The summed E-state index contributed by atoms with van der Waals surface area (Å²) in [6.07, 6.45) is 1.50. The highest BCUT2D eigenvalue weighted by Gasteiger charge is 2.13.